The highest BCUT2D eigenvalue weighted by atomic mass is 127. The molecule has 0 aromatic heterocycles. The molecule has 1 aliphatic rings. The molecule has 0 saturated heterocycles. The van der Waals surface area contributed by atoms with Crippen molar-refractivity contribution >= 4 is 34.5 Å². The average molecular weight is 390 g/mol. The lowest BCUT2D eigenvalue weighted by atomic mass is 9.86. The van der Waals surface area contributed by atoms with Gasteiger partial charge in [0.05, 0.1) is 7.11 Å². The van der Waals surface area contributed by atoms with E-state index in [4.69, 9.17) is 4.74 Å². The standard InChI is InChI=1S/C18H15IO2/c1-21-16-8-7-13-5-6-14(18(20)17(13)11-16)9-12-3-2-4-15(19)10-12/h2-4,7-11H,5-6H2,1H3. The Labute approximate surface area is 138 Å². The lowest BCUT2D eigenvalue weighted by molar-refractivity contribution is 0.102. The molecule has 0 bridgehead atoms. The molecule has 0 fully saturated rings. The van der Waals surface area contributed by atoms with Crippen LogP contribution in [0.15, 0.2) is 48.0 Å². The molecule has 0 N–H and O–H groups in total. The van der Waals surface area contributed by atoms with Crippen molar-refractivity contribution in [3.63, 3.8) is 0 Å². The molecule has 106 valence electrons. The molecule has 3 rings (SSSR count). The van der Waals surface area contributed by atoms with Crippen molar-refractivity contribution in [2.45, 2.75) is 12.8 Å². The Bertz CT molecular complexity index is 732. The molecule has 2 aromatic carbocycles. The molecular formula is C18H15IO2. The lowest BCUT2D eigenvalue weighted by Gasteiger charge is -2.18. The molecule has 0 unspecified atom stereocenters. The third-order valence-electron chi connectivity index (χ3n) is 3.71. The third kappa shape index (κ3) is 3.02. The summed E-state index contributed by atoms with van der Waals surface area (Å²) in [5.74, 6) is 0.853. The molecule has 2 aromatic rings. The quantitative estimate of drug-likeness (QED) is 0.557. The number of methoxy groups -OCH3 is 1. The highest BCUT2D eigenvalue weighted by Crippen LogP contribution is 2.29. The second-order valence-corrected chi connectivity index (χ2v) is 6.32. The van der Waals surface area contributed by atoms with Crippen LogP contribution >= 0.6 is 22.6 Å². The first-order valence-corrected chi connectivity index (χ1v) is 7.93. The van der Waals surface area contributed by atoms with Crippen molar-refractivity contribution in [1.29, 1.82) is 0 Å². The van der Waals surface area contributed by atoms with E-state index >= 15 is 0 Å². The van der Waals surface area contributed by atoms with E-state index in [0.29, 0.717) is 0 Å². The molecule has 0 spiro atoms. The van der Waals surface area contributed by atoms with Gasteiger partial charge in [-0.3, -0.25) is 4.79 Å². The van der Waals surface area contributed by atoms with Crippen LogP contribution in [-0.2, 0) is 6.42 Å². The predicted molar refractivity (Wildman–Crippen MR) is 92.8 cm³/mol. The monoisotopic (exact) mass is 390 g/mol. The van der Waals surface area contributed by atoms with Gasteiger partial charge in [0.25, 0.3) is 0 Å². The van der Waals surface area contributed by atoms with Gasteiger partial charge in [-0.1, -0.05) is 18.2 Å². The van der Waals surface area contributed by atoms with Crippen molar-refractivity contribution in [1.82, 2.24) is 0 Å². The van der Waals surface area contributed by atoms with Crippen LogP contribution in [0, 0.1) is 3.57 Å². The second kappa shape index (κ2) is 6.02. The number of allylic oxidation sites excluding steroid dienone is 1. The molecule has 21 heavy (non-hydrogen) atoms. The number of fused-ring (bicyclic) bond motifs is 1. The number of hydrogen-bond donors (Lipinski definition) is 0. The first-order valence-electron chi connectivity index (χ1n) is 6.85. The number of carbonyl (C=O) groups is 1. The van der Waals surface area contributed by atoms with Gasteiger partial charge in [0.1, 0.15) is 5.75 Å². The summed E-state index contributed by atoms with van der Waals surface area (Å²) >= 11 is 2.28. The molecule has 0 radical (unpaired) electrons. The molecule has 0 atom stereocenters. The number of benzene rings is 2. The maximum Gasteiger partial charge on any atom is 0.189 e. The van der Waals surface area contributed by atoms with Gasteiger partial charge in [0, 0.05) is 14.7 Å². The van der Waals surface area contributed by atoms with Crippen LogP contribution in [0.3, 0.4) is 0 Å². The smallest absolute Gasteiger partial charge is 0.189 e. The fourth-order valence-corrected chi connectivity index (χ4v) is 3.17. The number of Topliss-reactive ketones (excluding diaryl/α,β-unsaturated/α-hetero) is 1. The summed E-state index contributed by atoms with van der Waals surface area (Å²) in [4.78, 5) is 12.6. The van der Waals surface area contributed by atoms with Crippen LogP contribution in [0.2, 0.25) is 0 Å². The van der Waals surface area contributed by atoms with E-state index in [1.165, 1.54) is 3.57 Å². The van der Waals surface area contributed by atoms with E-state index in [9.17, 15) is 4.79 Å². The van der Waals surface area contributed by atoms with Gasteiger partial charge in [-0.15, -0.1) is 0 Å². The number of aryl methyl sites for hydroxylation is 1. The van der Waals surface area contributed by atoms with Crippen LogP contribution in [0.5, 0.6) is 5.75 Å². The van der Waals surface area contributed by atoms with Crippen molar-refractivity contribution < 1.29 is 9.53 Å². The van der Waals surface area contributed by atoms with Crippen molar-refractivity contribution in [3.05, 3.63) is 68.3 Å². The topological polar surface area (TPSA) is 26.3 Å². The summed E-state index contributed by atoms with van der Waals surface area (Å²) in [5.41, 5.74) is 3.84. The Kier molecular flexibility index (Phi) is 4.10. The minimum absolute atomic E-state index is 0.119. The van der Waals surface area contributed by atoms with Crippen LogP contribution < -0.4 is 4.74 Å². The lowest BCUT2D eigenvalue weighted by Crippen LogP contribution is -2.14. The minimum Gasteiger partial charge on any atom is -0.497 e. The summed E-state index contributed by atoms with van der Waals surface area (Å²) in [6, 6.07) is 13.9. The van der Waals surface area contributed by atoms with Crippen LogP contribution in [-0.4, -0.2) is 12.9 Å². The summed E-state index contributed by atoms with van der Waals surface area (Å²) < 4.78 is 6.40. The van der Waals surface area contributed by atoms with Gasteiger partial charge in [-0.2, -0.15) is 0 Å². The fourth-order valence-electron chi connectivity index (χ4n) is 2.60. The maximum absolute atomic E-state index is 12.6. The number of carbonyl (C=O) groups excluding carboxylic acids is 1. The molecule has 3 heteroatoms. The zero-order chi connectivity index (χ0) is 14.8. The normalized spacial score (nSPS) is 15.9. The van der Waals surface area contributed by atoms with Gasteiger partial charge < -0.3 is 4.74 Å². The van der Waals surface area contributed by atoms with E-state index < -0.39 is 0 Å². The first-order chi connectivity index (χ1) is 10.2. The van der Waals surface area contributed by atoms with Crippen LogP contribution in [0.25, 0.3) is 6.08 Å². The zero-order valence-electron chi connectivity index (χ0n) is 11.7. The van der Waals surface area contributed by atoms with Gasteiger partial charge in [-0.25, -0.2) is 0 Å². The Morgan fingerprint density at radius 2 is 2.00 bits per heavy atom. The largest absolute Gasteiger partial charge is 0.497 e. The first kappa shape index (κ1) is 14.3. The van der Waals surface area contributed by atoms with Crippen molar-refractivity contribution in [2.24, 2.45) is 0 Å². The number of ketones is 1. The Morgan fingerprint density at radius 3 is 2.76 bits per heavy atom. The summed E-state index contributed by atoms with van der Waals surface area (Å²) in [6.07, 6.45) is 3.71. The summed E-state index contributed by atoms with van der Waals surface area (Å²) in [6.45, 7) is 0. The molecule has 2 nitrogen and oxygen atoms in total. The summed E-state index contributed by atoms with van der Waals surface area (Å²) in [5, 5.41) is 0. The Morgan fingerprint density at radius 1 is 1.14 bits per heavy atom. The fraction of sp³-hybridized carbons (Fsp3) is 0.167. The molecule has 0 heterocycles. The van der Waals surface area contributed by atoms with Crippen LogP contribution in [0.1, 0.15) is 27.9 Å². The average Bonchev–Trinajstić information content (AvgIpc) is 2.50. The number of rotatable bonds is 2. The van der Waals surface area contributed by atoms with Crippen LogP contribution in [0.4, 0.5) is 0 Å². The molecule has 0 saturated carbocycles. The van der Waals surface area contributed by atoms with Gasteiger partial charge in [-0.05, 0) is 76.9 Å². The van der Waals surface area contributed by atoms with Gasteiger partial charge in [0.15, 0.2) is 5.78 Å². The van der Waals surface area contributed by atoms with E-state index in [1.807, 2.05) is 42.5 Å². The minimum atomic E-state index is 0.119. The van der Waals surface area contributed by atoms with Gasteiger partial charge in [0.2, 0.25) is 0 Å². The SMILES string of the molecule is COc1ccc2c(c1)C(=O)C(=Cc1cccc(I)c1)CC2. The van der Waals surface area contributed by atoms with Crippen molar-refractivity contribution in [3.8, 4) is 5.75 Å². The molecule has 1 aliphatic carbocycles. The Hall–Kier alpha value is -1.62. The Balaban J connectivity index is 1.98. The highest BCUT2D eigenvalue weighted by molar-refractivity contribution is 14.1. The molecule has 0 amide bonds. The summed E-state index contributed by atoms with van der Waals surface area (Å²) in [7, 11) is 1.62. The van der Waals surface area contributed by atoms with E-state index in [2.05, 4.69) is 28.7 Å². The van der Waals surface area contributed by atoms with E-state index in [1.54, 1.807) is 7.11 Å². The third-order valence-corrected chi connectivity index (χ3v) is 4.38. The number of ether oxygens (including phenoxy) is 1. The van der Waals surface area contributed by atoms with E-state index in [0.717, 1.165) is 40.9 Å². The molecule has 0 aliphatic heterocycles. The number of hydrogen-bond acceptors (Lipinski definition) is 2. The number of halogens is 1. The van der Waals surface area contributed by atoms with Crippen molar-refractivity contribution in [2.75, 3.05) is 7.11 Å². The maximum atomic E-state index is 12.6. The van der Waals surface area contributed by atoms with Gasteiger partial charge >= 0.3 is 0 Å². The highest BCUT2D eigenvalue weighted by Gasteiger charge is 2.22. The zero-order valence-corrected chi connectivity index (χ0v) is 13.9. The second-order valence-electron chi connectivity index (χ2n) is 5.08. The predicted octanol–water partition coefficient (Wildman–Crippen LogP) is 4.51. The molecular weight excluding hydrogens is 375 g/mol. The van der Waals surface area contributed by atoms with E-state index in [-0.39, 0.29) is 5.78 Å².